The van der Waals surface area contributed by atoms with Gasteiger partial charge < -0.3 is 4.42 Å². The number of halogens is 1. The highest BCUT2D eigenvalue weighted by Gasteiger charge is 2.11. The third-order valence-corrected chi connectivity index (χ3v) is 3.25. The second kappa shape index (κ2) is 4.89. The van der Waals surface area contributed by atoms with Gasteiger partial charge in [0.25, 0.3) is 0 Å². The van der Waals surface area contributed by atoms with Gasteiger partial charge >= 0.3 is 0 Å². The van der Waals surface area contributed by atoms with E-state index in [0.717, 1.165) is 11.1 Å². The van der Waals surface area contributed by atoms with Crippen LogP contribution in [0.1, 0.15) is 11.1 Å². The summed E-state index contributed by atoms with van der Waals surface area (Å²) >= 11 is 0. The van der Waals surface area contributed by atoms with Crippen LogP contribution in [0.4, 0.5) is 4.39 Å². The molecule has 0 atom stereocenters. The molecule has 2 aromatic carbocycles. The first kappa shape index (κ1) is 12.5. The van der Waals surface area contributed by atoms with Gasteiger partial charge in [-0.15, -0.1) is 10.2 Å². The minimum absolute atomic E-state index is 0.317. The highest BCUT2D eigenvalue weighted by Crippen LogP contribution is 2.25. The molecule has 0 aliphatic heterocycles. The molecule has 0 bridgehead atoms. The Morgan fingerprint density at radius 1 is 0.850 bits per heavy atom. The summed E-state index contributed by atoms with van der Waals surface area (Å²) in [6.07, 6.45) is 0. The SMILES string of the molecule is Cc1ccc(-c2nnc(-c3cccc(F)c3)o2)cc1C. The van der Waals surface area contributed by atoms with Gasteiger partial charge in [0.05, 0.1) is 0 Å². The van der Waals surface area contributed by atoms with Crippen LogP contribution in [0, 0.1) is 19.7 Å². The van der Waals surface area contributed by atoms with Gasteiger partial charge in [-0.05, 0) is 55.3 Å². The zero-order valence-electron chi connectivity index (χ0n) is 11.2. The van der Waals surface area contributed by atoms with Gasteiger partial charge in [0.2, 0.25) is 11.8 Å². The van der Waals surface area contributed by atoms with Crippen molar-refractivity contribution >= 4 is 0 Å². The molecule has 3 nitrogen and oxygen atoms in total. The topological polar surface area (TPSA) is 38.9 Å². The molecule has 0 radical (unpaired) electrons. The van der Waals surface area contributed by atoms with Crippen molar-refractivity contribution in [1.82, 2.24) is 10.2 Å². The number of hydrogen-bond acceptors (Lipinski definition) is 3. The summed E-state index contributed by atoms with van der Waals surface area (Å²) in [5.41, 5.74) is 3.81. The Hall–Kier alpha value is -2.49. The summed E-state index contributed by atoms with van der Waals surface area (Å²) in [5.74, 6) is 0.429. The van der Waals surface area contributed by atoms with Crippen molar-refractivity contribution in [2.75, 3.05) is 0 Å². The summed E-state index contributed by atoms with van der Waals surface area (Å²) in [5, 5.41) is 8.00. The molecule has 0 spiro atoms. The largest absolute Gasteiger partial charge is 0.416 e. The number of aromatic nitrogens is 2. The lowest BCUT2D eigenvalue weighted by Gasteiger charge is -2.01. The summed E-state index contributed by atoms with van der Waals surface area (Å²) in [4.78, 5) is 0. The fraction of sp³-hybridized carbons (Fsp3) is 0.125. The average Bonchev–Trinajstić information content (AvgIpc) is 2.92. The van der Waals surface area contributed by atoms with Crippen LogP contribution in [0.15, 0.2) is 46.9 Å². The van der Waals surface area contributed by atoms with Crippen LogP contribution in [0.25, 0.3) is 22.9 Å². The van der Waals surface area contributed by atoms with Gasteiger partial charge in [-0.3, -0.25) is 0 Å². The Morgan fingerprint density at radius 2 is 1.55 bits per heavy atom. The van der Waals surface area contributed by atoms with Crippen LogP contribution < -0.4 is 0 Å². The quantitative estimate of drug-likeness (QED) is 0.700. The van der Waals surface area contributed by atoms with Crippen molar-refractivity contribution in [3.8, 4) is 22.9 Å². The van der Waals surface area contributed by atoms with Crippen molar-refractivity contribution in [3.05, 3.63) is 59.4 Å². The lowest BCUT2D eigenvalue weighted by atomic mass is 10.1. The molecule has 1 aromatic heterocycles. The van der Waals surface area contributed by atoms with Gasteiger partial charge in [-0.2, -0.15) is 0 Å². The van der Waals surface area contributed by atoms with Crippen LogP contribution in [0.2, 0.25) is 0 Å². The van der Waals surface area contributed by atoms with E-state index in [2.05, 4.69) is 10.2 Å². The maximum Gasteiger partial charge on any atom is 0.248 e. The predicted molar refractivity (Wildman–Crippen MR) is 74.6 cm³/mol. The summed E-state index contributed by atoms with van der Waals surface area (Å²) in [7, 11) is 0. The zero-order chi connectivity index (χ0) is 14.1. The third kappa shape index (κ3) is 2.32. The Balaban J connectivity index is 1.99. The first-order chi connectivity index (χ1) is 9.63. The maximum absolute atomic E-state index is 13.2. The highest BCUT2D eigenvalue weighted by atomic mass is 19.1. The molecule has 3 rings (SSSR count). The van der Waals surface area contributed by atoms with Crippen LogP contribution in [-0.4, -0.2) is 10.2 Å². The van der Waals surface area contributed by atoms with Gasteiger partial charge in [0.15, 0.2) is 0 Å². The zero-order valence-corrected chi connectivity index (χ0v) is 11.2. The van der Waals surface area contributed by atoms with Crippen molar-refractivity contribution < 1.29 is 8.81 Å². The molecule has 1 heterocycles. The van der Waals surface area contributed by atoms with Crippen LogP contribution in [0.5, 0.6) is 0 Å². The molecule has 0 saturated carbocycles. The standard InChI is InChI=1S/C16H13FN2O/c1-10-6-7-13(8-11(10)2)16-19-18-15(20-16)12-4-3-5-14(17)9-12/h3-9H,1-2H3. The van der Waals surface area contributed by atoms with E-state index in [4.69, 9.17) is 4.42 Å². The van der Waals surface area contributed by atoms with Crippen molar-refractivity contribution in [1.29, 1.82) is 0 Å². The maximum atomic E-state index is 13.2. The van der Waals surface area contributed by atoms with Crippen LogP contribution >= 0.6 is 0 Å². The third-order valence-electron chi connectivity index (χ3n) is 3.25. The fourth-order valence-corrected chi connectivity index (χ4v) is 1.95. The summed E-state index contributed by atoms with van der Waals surface area (Å²) < 4.78 is 18.8. The number of benzene rings is 2. The van der Waals surface area contributed by atoms with E-state index in [1.165, 1.54) is 17.7 Å². The number of nitrogens with zero attached hydrogens (tertiary/aromatic N) is 2. The molecule has 0 aliphatic carbocycles. The van der Waals surface area contributed by atoms with E-state index in [0.29, 0.717) is 17.3 Å². The van der Waals surface area contributed by atoms with Crippen molar-refractivity contribution in [2.24, 2.45) is 0 Å². The molecule has 3 aromatic rings. The molecule has 4 heteroatoms. The smallest absolute Gasteiger partial charge is 0.248 e. The monoisotopic (exact) mass is 268 g/mol. The fourth-order valence-electron chi connectivity index (χ4n) is 1.95. The van der Waals surface area contributed by atoms with Gasteiger partial charge in [-0.25, -0.2) is 4.39 Å². The predicted octanol–water partition coefficient (Wildman–Crippen LogP) is 4.16. The molecule has 20 heavy (non-hydrogen) atoms. The van der Waals surface area contributed by atoms with E-state index in [9.17, 15) is 4.39 Å². The Kier molecular flexibility index (Phi) is 3.06. The van der Waals surface area contributed by atoms with Gasteiger partial charge in [0.1, 0.15) is 5.82 Å². The molecule has 0 unspecified atom stereocenters. The summed E-state index contributed by atoms with van der Waals surface area (Å²) in [6.45, 7) is 4.08. The van der Waals surface area contributed by atoms with E-state index in [1.807, 2.05) is 32.0 Å². The highest BCUT2D eigenvalue weighted by molar-refractivity contribution is 5.59. The van der Waals surface area contributed by atoms with Crippen molar-refractivity contribution in [3.63, 3.8) is 0 Å². The Bertz CT molecular complexity index is 765. The second-order valence-corrected chi connectivity index (χ2v) is 4.72. The Morgan fingerprint density at radius 3 is 2.20 bits per heavy atom. The molecule has 100 valence electrons. The van der Waals surface area contributed by atoms with Gasteiger partial charge in [-0.1, -0.05) is 12.1 Å². The van der Waals surface area contributed by atoms with Crippen molar-refractivity contribution in [2.45, 2.75) is 13.8 Å². The molecule has 0 amide bonds. The molecule has 0 N–H and O–H groups in total. The van der Waals surface area contributed by atoms with Crippen LogP contribution in [-0.2, 0) is 0 Å². The number of hydrogen-bond donors (Lipinski definition) is 0. The van der Waals surface area contributed by atoms with E-state index in [1.54, 1.807) is 12.1 Å². The van der Waals surface area contributed by atoms with Gasteiger partial charge in [0, 0.05) is 11.1 Å². The van der Waals surface area contributed by atoms with E-state index >= 15 is 0 Å². The second-order valence-electron chi connectivity index (χ2n) is 4.72. The number of rotatable bonds is 2. The lowest BCUT2D eigenvalue weighted by molar-refractivity contribution is 0.582. The molecular formula is C16H13FN2O. The molecule has 0 fully saturated rings. The minimum atomic E-state index is -0.326. The first-order valence-corrected chi connectivity index (χ1v) is 6.30. The minimum Gasteiger partial charge on any atom is -0.416 e. The van der Waals surface area contributed by atoms with Crippen LogP contribution in [0.3, 0.4) is 0 Å². The summed E-state index contributed by atoms with van der Waals surface area (Å²) in [6, 6.07) is 12.0. The Labute approximate surface area is 116 Å². The lowest BCUT2D eigenvalue weighted by Crippen LogP contribution is -1.83. The number of aryl methyl sites for hydroxylation is 2. The average molecular weight is 268 g/mol. The van der Waals surface area contributed by atoms with E-state index < -0.39 is 0 Å². The normalized spacial score (nSPS) is 10.8. The first-order valence-electron chi connectivity index (χ1n) is 6.30. The molecule has 0 saturated heterocycles. The van der Waals surface area contributed by atoms with E-state index in [-0.39, 0.29) is 5.82 Å². The molecule has 0 aliphatic rings. The molecular weight excluding hydrogens is 255 g/mol.